The third kappa shape index (κ3) is 18.2. The molecule has 0 aromatic heterocycles. The number of benzene rings is 10. The first-order valence-corrected chi connectivity index (χ1v) is 31.9. The van der Waals surface area contributed by atoms with E-state index in [-0.39, 0.29) is 0 Å². The maximum Gasteiger partial charge on any atom is -0.0149 e. The molecular weight excluding hydrogens is 1010 g/mol. The molecule has 0 amide bonds. The van der Waals surface area contributed by atoms with Gasteiger partial charge in [-0.15, -0.1) is 0 Å². The minimum Gasteiger partial charge on any atom is -0.0619 e. The summed E-state index contributed by atoms with van der Waals surface area (Å²) >= 11 is 0. The lowest BCUT2D eigenvalue weighted by molar-refractivity contribution is 0.793. The molecule has 0 aliphatic carbocycles. The van der Waals surface area contributed by atoms with Crippen molar-refractivity contribution in [2.45, 2.75) is 198 Å². The van der Waals surface area contributed by atoms with E-state index in [0.717, 1.165) is 0 Å². The Balaban J connectivity index is 0.000000169. The van der Waals surface area contributed by atoms with E-state index in [1.165, 1.54) is 110 Å². The van der Waals surface area contributed by atoms with Crippen molar-refractivity contribution in [3.63, 3.8) is 0 Å². The van der Waals surface area contributed by atoms with Gasteiger partial charge in [-0.25, -0.2) is 0 Å². The van der Waals surface area contributed by atoms with E-state index in [0.29, 0.717) is 59.2 Å². The van der Waals surface area contributed by atoms with Crippen LogP contribution in [-0.4, -0.2) is 0 Å². The number of hydrogen-bond acceptors (Lipinski definition) is 0. The van der Waals surface area contributed by atoms with E-state index in [4.69, 9.17) is 0 Å². The molecule has 0 spiro atoms. The Morgan fingerprint density at radius 3 is 0.976 bits per heavy atom. The average molecular weight is 1110 g/mol. The van der Waals surface area contributed by atoms with Gasteiger partial charge in [0, 0.05) is 0 Å². The third-order valence-electron chi connectivity index (χ3n) is 16.6. The summed E-state index contributed by atoms with van der Waals surface area (Å²) in [7, 11) is 0. The molecular formula is C84H104. The summed E-state index contributed by atoms with van der Waals surface area (Å²) in [5.41, 5.74) is 19.7. The van der Waals surface area contributed by atoms with Gasteiger partial charge in [0.25, 0.3) is 0 Å². The van der Waals surface area contributed by atoms with Crippen LogP contribution in [0.1, 0.15) is 253 Å². The van der Waals surface area contributed by atoms with E-state index in [9.17, 15) is 0 Å². The van der Waals surface area contributed by atoms with E-state index in [1.807, 2.05) is 0 Å². The normalized spacial score (nSPS) is 11.5. The van der Waals surface area contributed by atoms with Crippen molar-refractivity contribution in [2.75, 3.05) is 0 Å². The summed E-state index contributed by atoms with van der Waals surface area (Å²) in [4.78, 5) is 0. The summed E-state index contributed by atoms with van der Waals surface area (Å²) < 4.78 is 0. The summed E-state index contributed by atoms with van der Waals surface area (Å²) in [5, 5.41) is 8.21. The van der Waals surface area contributed by atoms with Crippen LogP contribution in [0.4, 0.5) is 0 Å². The van der Waals surface area contributed by atoms with Crippen LogP contribution in [0.15, 0.2) is 206 Å². The van der Waals surface area contributed by atoms with Crippen molar-refractivity contribution in [1.29, 1.82) is 0 Å². The fourth-order valence-corrected chi connectivity index (χ4v) is 10.9. The van der Waals surface area contributed by atoms with Crippen LogP contribution in [0.5, 0.6) is 0 Å². The van der Waals surface area contributed by atoms with Gasteiger partial charge in [0.1, 0.15) is 0 Å². The molecule has 10 aromatic rings. The first-order valence-electron chi connectivity index (χ1n) is 31.9. The zero-order valence-corrected chi connectivity index (χ0v) is 55.4. The highest BCUT2D eigenvalue weighted by Gasteiger charge is 2.13. The van der Waals surface area contributed by atoms with Crippen molar-refractivity contribution < 1.29 is 0 Å². The molecule has 0 nitrogen and oxygen atoms in total. The predicted octanol–water partition coefficient (Wildman–Crippen LogP) is 26.5. The zero-order chi connectivity index (χ0) is 61.4. The molecule has 0 fully saturated rings. The van der Waals surface area contributed by atoms with Gasteiger partial charge < -0.3 is 0 Å². The smallest absolute Gasteiger partial charge is 0.0149 e. The van der Waals surface area contributed by atoms with Crippen LogP contribution in [0, 0.1) is 0 Å². The Morgan fingerprint density at radius 2 is 0.536 bits per heavy atom. The minimum atomic E-state index is 0.561. The monoisotopic (exact) mass is 1110 g/mol. The quantitative estimate of drug-likeness (QED) is 0.114. The summed E-state index contributed by atoms with van der Waals surface area (Å²) in [6, 6.07) is 75.8. The van der Waals surface area contributed by atoms with E-state index < -0.39 is 0 Å². The minimum absolute atomic E-state index is 0.561. The van der Waals surface area contributed by atoms with Gasteiger partial charge in [-0.3, -0.25) is 0 Å². The fraction of sp³-hybridized carbons (Fsp3) is 0.357. The molecule has 0 N–H and O–H groups in total. The van der Waals surface area contributed by atoms with Gasteiger partial charge in [0.05, 0.1) is 0 Å². The fourth-order valence-electron chi connectivity index (χ4n) is 10.9. The Labute approximate surface area is 511 Å². The van der Waals surface area contributed by atoms with E-state index in [1.54, 1.807) is 0 Å². The molecule has 10 aromatic carbocycles. The SMILES string of the molecule is CC(C)c1cc(C(C)C)c2ccccc2c1.CC(C)c1cc2ccccc2cc1C(C)C.CC(C)c1ccc(-c2cccc(C(C)C)c2)cc1.CC(C)c1ccc(-c2ccccc2C(C)C)cc1.CC(C)c1ccc2cc(C(C)C)ccc2c1. The van der Waals surface area contributed by atoms with Crippen LogP contribution in [0.3, 0.4) is 0 Å². The molecule has 0 bridgehead atoms. The van der Waals surface area contributed by atoms with Gasteiger partial charge >= 0.3 is 0 Å². The van der Waals surface area contributed by atoms with Crippen molar-refractivity contribution in [3.05, 3.63) is 262 Å². The Bertz CT molecular complexity index is 3510. The number of rotatable bonds is 12. The highest BCUT2D eigenvalue weighted by Crippen LogP contribution is 2.34. The van der Waals surface area contributed by atoms with Crippen LogP contribution < -0.4 is 0 Å². The van der Waals surface area contributed by atoms with Crippen LogP contribution in [-0.2, 0) is 0 Å². The topological polar surface area (TPSA) is 0 Å². The largest absolute Gasteiger partial charge is 0.0619 e. The molecule has 0 aliphatic heterocycles. The standard InChI is InChI=1S/2C18H22.3C16H20/c1-13(2)15-8-10-16(11-9-15)18-7-5-6-17(12-18)14(3)4;1-13(2)15-9-11-16(12-10-15)18-8-6-5-7-17(18)14(3)4;1-11(2)13-5-7-16-10-14(12(3)4)6-8-15(16)9-13;1-11(2)14-9-13-7-5-6-8-15(13)16(10-14)12(3)4;1-11(2)15-9-13-7-5-6-8-14(13)10-16(15)12(3)4/h2*5-14H,1-4H3;3*5-12H,1-4H3. The highest BCUT2D eigenvalue weighted by atomic mass is 14.2. The van der Waals surface area contributed by atoms with E-state index in [2.05, 4.69) is 345 Å². The van der Waals surface area contributed by atoms with Gasteiger partial charge in [0.15, 0.2) is 0 Å². The second-order valence-corrected chi connectivity index (χ2v) is 26.5. The Kier molecular flexibility index (Phi) is 24.6. The van der Waals surface area contributed by atoms with E-state index >= 15 is 0 Å². The molecule has 0 radical (unpaired) electrons. The lowest BCUT2D eigenvalue weighted by Gasteiger charge is -2.17. The lowest BCUT2D eigenvalue weighted by atomic mass is 9.88. The van der Waals surface area contributed by atoms with Gasteiger partial charge in [-0.1, -0.05) is 345 Å². The molecule has 440 valence electrons. The van der Waals surface area contributed by atoms with Gasteiger partial charge in [-0.2, -0.15) is 0 Å². The summed E-state index contributed by atoms with van der Waals surface area (Å²) in [6.45, 7) is 45.0. The predicted molar refractivity (Wildman–Crippen MR) is 376 cm³/mol. The zero-order valence-electron chi connectivity index (χ0n) is 55.4. The molecule has 10 rings (SSSR count). The van der Waals surface area contributed by atoms with Crippen LogP contribution in [0.25, 0.3) is 54.6 Å². The first kappa shape index (κ1) is 66.1. The highest BCUT2D eigenvalue weighted by molar-refractivity contribution is 5.87. The first-order chi connectivity index (χ1) is 39.9. The molecule has 0 saturated heterocycles. The van der Waals surface area contributed by atoms with Crippen molar-refractivity contribution in [1.82, 2.24) is 0 Å². The van der Waals surface area contributed by atoms with Crippen LogP contribution in [0.2, 0.25) is 0 Å². The maximum atomic E-state index is 2.37. The molecule has 0 heterocycles. The molecule has 0 atom stereocenters. The third-order valence-corrected chi connectivity index (χ3v) is 16.6. The number of fused-ring (bicyclic) bond motifs is 3. The number of hydrogen-bond donors (Lipinski definition) is 0. The molecule has 84 heavy (non-hydrogen) atoms. The molecule has 0 aliphatic rings. The molecule has 0 unspecified atom stereocenters. The summed E-state index contributed by atoms with van der Waals surface area (Å²) in [6.07, 6.45) is 0. The van der Waals surface area contributed by atoms with Gasteiger partial charge in [-0.05, 0) is 169 Å². The molecule has 0 heteroatoms. The second-order valence-electron chi connectivity index (χ2n) is 26.5. The lowest BCUT2D eigenvalue weighted by Crippen LogP contribution is -1.98. The maximum absolute atomic E-state index is 2.37. The Hall–Kier alpha value is -7.02. The van der Waals surface area contributed by atoms with Crippen molar-refractivity contribution in [3.8, 4) is 22.3 Å². The summed E-state index contributed by atoms with van der Waals surface area (Å²) in [5.74, 6) is 5.93. The van der Waals surface area contributed by atoms with Gasteiger partial charge in [0.2, 0.25) is 0 Å². The van der Waals surface area contributed by atoms with Crippen molar-refractivity contribution >= 4 is 32.3 Å². The second kappa shape index (κ2) is 31.2. The molecule has 0 saturated carbocycles. The Morgan fingerprint density at radius 1 is 0.179 bits per heavy atom. The average Bonchev–Trinajstić information content (AvgIpc) is 3.60. The van der Waals surface area contributed by atoms with Crippen molar-refractivity contribution in [2.24, 2.45) is 0 Å². The van der Waals surface area contributed by atoms with Crippen LogP contribution >= 0.6 is 0 Å².